The van der Waals surface area contributed by atoms with E-state index in [0.29, 0.717) is 13.0 Å². The highest BCUT2D eigenvalue weighted by molar-refractivity contribution is 5.18. The minimum Gasteiger partial charge on any atom is -0.372 e. The third-order valence-electron chi connectivity index (χ3n) is 2.09. The first kappa shape index (κ1) is 11.5. The monoisotopic (exact) mass is 201 g/mol. The molecule has 0 aliphatic rings. The van der Waals surface area contributed by atoms with Gasteiger partial charge in [-0.05, 0) is 12.0 Å². The molecule has 0 bridgehead atoms. The summed E-state index contributed by atoms with van der Waals surface area (Å²) >= 11 is 0. The highest BCUT2D eigenvalue weighted by Crippen LogP contribution is 2.20. The minimum absolute atomic E-state index is 0.115. The first-order chi connectivity index (χ1) is 7.38. The molecule has 2 heteroatoms. The van der Waals surface area contributed by atoms with E-state index in [1.807, 2.05) is 36.4 Å². The Bertz CT molecular complexity index is 326. The Morgan fingerprint density at radius 3 is 2.73 bits per heavy atom. The van der Waals surface area contributed by atoms with Crippen molar-refractivity contribution in [3.8, 4) is 6.07 Å². The molecule has 0 aliphatic heterocycles. The lowest BCUT2D eigenvalue weighted by atomic mass is 10.1. The van der Waals surface area contributed by atoms with Crippen LogP contribution in [0.2, 0.25) is 0 Å². The lowest BCUT2D eigenvalue weighted by molar-refractivity contribution is 0.0592. The van der Waals surface area contributed by atoms with Crippen LogP contribution in [0.3, 0.4) is 0 Å². The number of hydrogen-bond donors (Lipinski definition) is 0. The van der Waals surface area contributed by atoms with Gasteiger partial charge in [-0.3, -0.25) is 0 Å². The molecular formula is C13H15NO. The van der Waals surface area contributed by atoms with Gasteiger partial charge in [-0.2, -0.15) is 5.26 Å². The molecule has 2 nitrogen and oxygen atoms in total. The number of benzene rings is 1. The van der Waals surface area contributed by atoms with E-state index in [1.54, 1.807) is 0 Å². The van der Waals surface area contributed by atoms with E-state index >= 15 is 0 Å². The quantitative estimate of drug-likeness (QED) is 0.523. The largest absolute Gasteiger partial charge is 0.372 e. The van der Waals surface area contributed by atoms with Crippen LogP contribution >= 0.6 is 0 Å². The molecular weight excluding hydrogens is 186 g/mol. The third-order valence-corrected chi connectivity index (χ3v) is 2.09. The maximum absolute atomic E-state index is 8.70. The number of ether oxygens (including phenoxy) is 1. The van der Waals surface area contributed by atoms with E-state index in [1.165, 1.54) is 0 Å². The van der Waals surface area contributed by atoms with Crippen molar-refractivity contribution < 1.29 is 4.74 Å². The molecule has 0 aliphatic carbocycles. The van der Waals surface area contributed by atoms with Gasteiger partial charge < -0.3 is 4.74 Å². The molecule has 15 heavy (non-hydrogen) atoms. The van der Waals surface area contributed by atoms with Gasteiger partial charge in [-0.1, -0.05) is 36.4 Å². The zero-order valence-corrected chi connectivity index (χ0v) is 8.73. The van der Waals surface area contributed by atoms with Crippen molar-refractivity contribution in [1.82, 2.24) is 0 Å². The van der Waals surface area contributed by atoms with Crippen LogP contribution in [-0.2, 0) is 4.74 Å². The van der Waals surface area contributed by atoms with Gasteiger partial charge in [0.25, 0.3) is 0 Å². The summed E-state index contributed by atoms with van der Waals surface area (Å²) in [4.78, 5) is 0. The van der Waals surface area contributed by atoms with Crippen LogP contribution in [0.15, 0.2) is 43.0 Å². The maximum Gasteiger partial charge on any atom is 0.0954 e. The predicted octanol–water partition coefficient (Wildman–Crippen LogP) is 3.23. The van der Waals surface area contributed by atoms with Gasteiger partial charge in [0.15, 0.2) is 0 Å². The summed E-state index contributed by atoms with van der Waals surface area (Å²) in [5.41, 5.74) is 1.06. The Balaban J connectivity index is 2.58. The van der Waals surface area contributed by atoms with E-state index in [-0.39, 0.29) is 6.10 Å². The molecule has 0 aromatic heterocycles. The van der Waals surface area contributed by atoms with Crippen molar-refractivity contribution in [1.29, 1.82) is 5.26 Å². The minimum atomic E-state index is -0.115. The van der Waals surface area contributed by atoms with Crippen LogP contribution in [0.4, 0.5) is 0 Å². The van der Waals surface area contributed by atoms with Crippen LogP contribution in [0.5, 0.6) is 0 Å². The summed E-state index contributed by atoms with van der Waals surface area (Å²) in [6, 6.07) is 12.0. The Hall–Kier alpha value is -1.59. The second-order valence-corrected chi connectivity index (χ2v) is 3.21. The third kappa shape index (κ3) is 3.97. The van der Waals surface area contributed by atoms with E-state index in [4.69, 9.17) is 10.00 Å². The molecule has 0 amide bonds. The Morgan fingerprint density at radius 2 is 2.13 bits per heavy atom. The molecule has 1 rings (SSSR count). The van der Waals surface area contributed by atoms with Crippen molar-refractivity contribution in [2.24, 2.45) is 0 Å². The van der Waals surface area contributed by atoms with E-state index < -0.39 is 0 Å². The van der Waals surface area contributed by atoms with Gasteiger partial charge >= 0.3 is 0 Å². The maximum atomic E-state index is 8.70. The second kappa shape index (κ2) is 6.80. The molecule has 0 heterocycles. The Kier molecular flexibility index (Phi) is 5.21. The SMILES string of the molecule is C=CCCOC(CC#N)c1ccccc1. The fraction of sp³-hybridized carbons (Fsp3) is 0.308. The van der Waals surface area contributed by atoms with Crippen molar-refractivity contribution in [2.75, 3.05) is 6.61 Å². The van der Waals surface area contributed by atoms with Crippen LogP contribution in [0.1, 0.15) is 24.5 Å². The molecule has 0 radical (unpaired) electrons. The zero-order valence-electron chi connectivity index (χ0n) is 8.73. The zero-order chi connectivity index (χ0) is 10.9. The lowest BCUT2D eigenvalue weighted by Crippen LogP contribution is -2.04. The summed E-state index contributed by atoms with van der Waals surface area (Å²) in [5, 5.41) is 8.70. The van der Waals surface area contributed by atoms with Crippen molar-refractivity contribution in [3.63, 3.8) is 0 Å². The molecule has 1 atom stereocenters. The van der Waals surface area contributed by atoms with Crippen molar-refractivity contribution in [3.05, 3.63) is 48.6 Å². The predicted molar refractivity (Wildman–Crippen MR) is 60.2 cm³/mol. The van der Waals surface area contributed by atoms with Crippen LogP contribution in [0.25, 0.3) is 0 Å². The van der Waals surface area contributed by atoms with Gasteiger partial charge in [0, 0.05) is 0 Å². The van der Waals surface area contributed by atoms with Crippen LogP contribution < -0.4 is 0 Å². The highest BCUT2D eigenvalue weighted by Gasteiger charge is 2.10. The number of nitrogens with zero attached hydrogens (tertiary/aromatic N) is 1. The number of nitriles is 1. The fourth-order valence-corrected chi connectivity index (χ4v) is 1.32. The first-order valence-corrected chi connectivity index (χ1v) is 5.03. The van der Waals surface area contributed by atoms with Crippen LogP contribution in [-0.4, -0.2) is 6.61 Å². The topological polar surface area (TPSA) is 33.0 Å². The Morgan fingerprint density at radius 1 is 1.40 bits per heavy atom. The fourth-order valence-electron chi connectivity index (χ4n) is 1.32. The molecule has 0 fully saturated rings. The summed E-state index contributed by atoms with van der Waals surface area (Å²) in [7, 11) is 0. The molecule has 0 spiro atoms. The molecule has 0 N–H and O–H groups in total. The molecule has 78 valence electrons. The van der Waals surface area contributed by atoms with Gasteiger partial charge in [0.2, 0.25) is 0 Å². The van der Waals surface area contributed by atoms with E-state index in [0.717, 1.165) is 12.0 Å². The average molecular weight is 201 g/mol. The van der Waals surface area contributed by atoms with Crippen molar-refractivity contribution >= 4 is 0 Å². The molecule has 1 aromatic rings. The standard InChI is InChI=1S/C13H15NO/c1-2-3-11-15-13(9-10-14)12-7-5-4-6-8-12/h2,4-8,13H,1,3,9,11H2. The smallest absolute Gasteiger partial charge is 0.0954 e. The summed E-state index contributed by atoms with van der Waals surface area (Å²) in [5.74, 6) is 0. The van der Waals surface area contributed by atoms with Gasteiger partial charge in [-0.25, -0.2) is 0 Å². The summed E-state index contributed by atoms with van der Waals surface area (Å²) < 4.78 is 5.62. The van der Waals surface area contributed by atoms with E-state index in [2.05, 4.69) is 12.6 Å². The summed E-state index contributed by atoms with van der Waals surface area (Å²) in [6.45, 7) is 4.25. The van der Waals surface area contributed by atoms with Gasteiger partial charge in [0.05, 0.1) is 25.2 Å². The van der Waals surface area contributed by atoms with Crippen LogP contribution in [0, 0.1) is 11.3 Å². The van der Waals surface area contributed by atoms with Crippen molar-refractivity contribution in [2.45, 2.75) is 18.9 Å². The van der Waals surface area contributed by atoms with Gasteiger partial charge in [-0.15, -0.1) is 6.58 Å². The normalized spacial score (nSPS) is 11.7. The molecule has 0 saturated heterocycles. The molecule has 1 aromatic carbocycles. The lowest BCUT2D eigenvalue weighted by Gasteiger charge is -2.14. The second-order valence-electron chi connectivity index (χ2n) is 3.21. The first-order valence-electron chi connectivity index (χ1n) is 5.03. The average Bonchev–Trinajstić information content (AvgIpc) is 2.29. The molecule has 0 saturated carbocycles. The molecule has 1 unspecified atom stereocenters. The van der Waals surface area contributed by atoms with Gasteiger partial charge in [0.1, 0.15) is 0 Å². The summed E-state index contributed by atoms with van der Waals surface area (Å²) in [6.07, 6.45) is 2.90. The highest BCUT2D eigenvalue weighted by atomic mass is 16.5. The number of hydrogen-bond acceptors (Lipinski definition) is 2. The van der Waals surface area contributed by atoms with E-state index in [9.17, 15) is 0 Å². The Labute approximate surface area is 90.8 Å². The number of rotatable bonds is 6.